The molecule has 0 aromatic carbocycles. The highest BCUT2D eigenvalue weighted by atomic mass is 35.5. The van der Waals surface area contributed by atoms with Crippen LogP contribution < -0.4 is 15.8 Å². The Kier molecular flexibility index (Phi) is 8.54. The standard InChI is InChI=1S/C15H24N4O5S.ClH/c1-17-25(22,23)14-6-5-12(24-14)15(21)19-9-3-2-4-11(19)10-18-13(20)7-8-16;/h5-6,11,17H,2-4,7-10,16H2,1H3,(H,18,20);1H. The Balaban J connectivity index is 0.00000338. The molecule has 1 saturated heterocycles. The van der Waals surface area contributed by atoms with Crippen molar-refractivity contribution in [1.82, 2.24) is 14.9 Å². The predicted molar refractivity (Wildman–Crippen MR) is 97.6 cm³/mol. The number of furan rings is 1. The highest BCUT2D eigenvalue weighted by molar-refractivity contribution is 7.89. The molecule has 1 unspecified atom stereocenters. The van der Waals surface area contributed by atoms with E-state index in [1.165, 1.54) is 19.2 Å². The lowest BCUT2D eigenvalue weighted by molar-refractivity contribution is -0.121. The van der Waals surface area contributed by atoms with Crippen molar-refractivity contribution >= 4 is 34.2 Å². The van der Waals surface area contributed by atoms with E-state index >= 15 is 0 Å². The number of rotatable bonds is 7. The zero-order valence-electron chi connectivity index (χ0n) is 14.6. The van der Waals surface area contributed by atoms with Crippen LogP contribution in [0.4, 0.5) is 0 Å². The van der Waals surface area contributed by atoms with Crippen LogP contribution in [0.25, 0.3) is 0 Å². The minimum Gasteiger partial charge on any atom is -0.438 e. The van der Waals surface area contributed by atoms with Crippen LogP contribution in [0.1, 0.15) is 36.2 Å². The third kappa shape index (κ3) is 5.44. The number of sulfonamides is 1. The molecule has 4 N–H and O–H groups in total. The van der Waals surface area contributed by atoms with Gasteiger partial charge in [-0.2, -0.15) is 0 Å². The number of hydrogen-bond donors (Lipinski definition) is 3. The predicted octanol–water partition coefficient (Wildman–Crippen LogP) is 0.0692. The van der Waals surface area contributed by atoms with Crippen LogP contribution in [-0.4, -0.2) is 57.9 Å². The maximum absolute atomic E-state index is 12.7. The minimum absolute atomic E-state index is 0. The number of nitrogens with one attached hydrogen (secondary N) is 2. The second kappa shape index (κ2) is 9.91. The molecule has 0 spiro atoms. The molecule has 11 heteroatoms. The molecule has 148 valence electrons. The number of carbonyl (C=O) groups excluding carboxylic acids is 2. The van der Waals surface area contributed by atoms with E-state index in [1.807, 2.05) is 0 Å². The second-order valence-electron chi connectivity index (χ2n) is 5.82. The first-order valence-electron chi connectivity index (χ1n) is 8.20. The topological polar surface area (TPSA) is 135 Å². The highest BCUT2D eigenvalue weighted by Crippen LogP contribution is 2.21. The molecule has 1 aliphatic rings. The van der Waals surface area contributed by atoms with Gasteiger partial charge in [-0.1, -0.05) is 0 Å². The van der Waals surface area contributed by atoms with Crippen LogP contribution in [-0.2, 0) is 14.8 Å². The van der Waals surface area contributed by atoms with Gasteiger partial charge in [0, 0.05) is 32.1 Å². The van der Waals surface area contributed by atoms with Crippen molar-refractivity contribution < 1.29 is 22.4 Å². The van der Waals surface area contributed by atoms with Crippen molar-refractivity contribution in [3.05, 3.63) is 17.9 Å². The average molecular weight is 409 g/mol. The molecule has 0 saturated carbocycles. The maximum atomic E-state index is 12.7. The van der Waals surface area contributed by atoms with Crippen molar-refractivity contribution in [1.29, 1.82) is 0 Å². The fourth-order valence-electron chi connectivity index (χ4n) is 2.75. The second-order valence-corrected chi connectivity index (χ2v) is 7.63. The van der Waals surface area contributed by atoms with Crippen molar-refractivity contribution in [2.45, 2.75) is 36.8 Å². The fraction of sp³-hybridized carbons (Fsp3) is 0.600. The van der Waals surface area contributed by atoms with Gasteiger partial charge in [0.15, 0.2) is 5.76 Å². The summed E-state index contributed by atoms with van der Waals surface area (Å²) in [5.41, 5.74) is 5.35. The van der Waals surface area contributed by atoms with E-state index in [0.717, 1.165) is 19.3 Å². The van der Waals surface area contributed by atoms with E-state index in [2.05, 4.69) is 10.0 Å². The Morgan fingerprint density at radius 2 is 2.08 bits per heavy atom. The third-order valence-electron chi connectivity index (χ3n) is 4.12. The summed E-state index contributed by atoms with van der Waals surface area (Å²) in [5.74, 6) is -0.565. The van der Waals surface area contributed by atoms with Gasteiger partial charge in [0.25, 0.3) is 15.9 Å². The zero-order chi connectivity index (χ0) is 18.4. The Morgan fingerprint density at radius 1 is 1.35 bits per heavy atom. The number of piperidine rings is 1. The molecule has 2 heterocycles. The van der Waals surface area contributed by atoms with E-state index in [-0.39, 0.29) is 54.1 Å². The van der Waals surface area contributed by atoms with E-state index in [9.17, 15) is 18.0 Å². The highest BCUT2D eigenvalue weighted by Gasteiger charge is 2.30. The van der Waals surface area contributed by atoms with Gasteiger partial charge in [-0.3, -0.25) is 9.59 Å². The lowest BCUT2D eigenvalue weighted by Gasteiger charge is -2.35. The van der Waals surface area contributed by atoms with Crippen LogP contribution in [0.5, 0.6) is 0 Å². The van der Waals surface area contributed by atoms with E-state index in [0.29, 0.717) is 13.1 Å². The lowest BCUT2D eigenvalue weighted by atomic mass is 10.0. The summed E-state index contributed by atoms with van der Waals surface area (Å²) in [4.78, 5) is 25.9. The van der Waals surface area contributed by atoms with Crippen LogP contribution in [0.3, 0.4) is 0 Å². The van der Waals surface area contributed by atoms with Gasteiger partial charge in [0.2, 0.25) is 11.0 Å². The monoisotopic (exact) mass is 408 g/mol. The first-order valence-corrected chi connectivity index (χ1v) is 9.68. The summed E-state index contributed by atoms with van der Waals surface area (Å²) in [6.07, 6.45) is 2.81. The van der Waals surface area contributed by atoms with Crippen LogP contribution in [0, 0.1) is 0 Å². The number of halogens is 1. The van der Waals surface area contributed by atoms with Crippen molar-refractivity contribution in [2.24, 2.45) is 5.73 Å². The van der Waals surface area contributed by atoms with Gasteiger partial charge in [-0.05, 0) is 38.4 Å². The molecule has 0 radical (unpaired) electrons. The van der Waals surface area contributed by atoms with E-state index in [1.54, 1.807) is 4.90 Å². The Bertz CT molecular complexity index is 721. The molecule has 1 aromatic heterocycles. The van der Waals surface area contributed by atoms with Crippen molar-refractivity contribution in [2.75, 3.05) is 26.7 Å². The molecular formula is C15H25ClN4O5S. The molecule has 1 aromatic rings. The molecule has 1 aliphatic heterocycles. The summed E-state index contributed by atoms with van der Waals surface area (Å²) in [5, 5.41) is 2.48. The summed E-state index contributed by atoms with van der Waals surface area (Å²) >= 11 is 0. The number of nitrogens with two attached hydrogens (primary N) is 1. The summed E-state index contributed by atoms with van der Waals surface area (Å²) < 4.78 is 30.8. The first kappa shape index (κ1) is 22.4. The SMILES string of the molecule is CNS(=O)(=O)c1ccc(C(=O)N2CCCCC2CNC(=O)CCN)o1.Cl. The van der Waals surface area contributed by atoms with Crippen LogP contribution in [0.2, 0.25) is 0 Å². The molecule has 1 fully saturated rings. The number of amides is 2. The van der Waals surface area contributed by atoms with Gasteiger partial charge in [-0.15, -0.1) is 12.4 Å². The average Bonchev–Trinajstić information content (AvgIpc) is 3.11. The van der Waals surface area contributed by atoms with Crippen molar-refractivity contribution in [3.63, 3.8) is 0 Å². The van der Waals surface area contributed by atoms with Crippen molar-refractivity contribution in [3.8, 4) is 0 Å². The van der Waals surface area contributed by atoms with Gasteiger partial charge in [0.1, 0.15) is 0 Å². The van der Waals surface area contributed by atoms with Gasteiger partial charge in [0.05, 0.1) is 0 Å². The van der Waals surface area contributed by atoms with E-state index in [4.69, 9.17) is 10.2 Å². The summed E-state index contributed by atoms with van der Waals surface area (Å²) in [6.45, 7) is 1.15. The lowest BCUT2D eigenvalue weighted by Crippen LogP contribution is -2.49. The number of hydrogen-bond acceptors (Lipinski definition) is 6. The Hall–Kier alpha value is -1.62. The fourth-order valence-corrected chi connectivity index (χ4v) is 3.40. The zero-order valence-corrected chi connectivity index (χ0v) is 16.2. The minimum atomic E-state index is -3.74. The summed E-state index contributed by atoms with van der Waals surface area (Å²) in [6, 6.07) is 2.45. The molecule has 9 nitrogen and oxygen atoms in total. The molecule has 26 heavy (non-hydrogen) atoms. The molecular weight excluding hydrogens is 384 g/mol. The molecule has 1 atom stereocenters. The van der Waals surface area contributed by atoms with Gasteiger partial charge < -0.3 is 20.4 Å². The Morgan fingerprint density at radius 3 is 2.73 bits per heavy atom. The van der Waals surface area contributed by atoms with Crippen LogP contribution >= 0.6 is 12.4 Å². The smallest absolute Gasteiger partial charge is 0.289 e. The maximum Gasteiger partial charge on any atom is 0.289 e. The number of likely N-dealkylation sites (tertiary alicyclic amines) is 1. The molecule has 2 amide bonds. The molecule has 0 aliphatic carbocycles. The Labute approximate surface area is 159 Å². The molecule has 0 bridgehead atoms. The molecule has 2 rings (SSSR count). The number of carbonyl (C=O) groups is 2. The van der Waals surface area contributed by atoms with Crippen LogP contribution in [0.15, 0.2) is 21.6 Å². The third-order valence-corrected chi connectivity index (χ3v) is 5.41. The quantitative estimate of drug-likeness (QED) is 0.584. The van der Waals surface area contributed by atoms with E-state index < -0.39 is 10.0 Å². The summed E-state index contributed by atoms with van der Waals surface area (Å²) in [7, 11) is -2.47. The largest absolute Gasteiger partial charge is 0.438 e. The van der Waals surface area contributed by atoms with Gasteiger partial charge >= 0.3 is 0 Å². The first-order chi connectivity index (χ1) is 11.9. The number of nitrogens with zero attached hydrogens (tertiary/aromatic N) is 1. The van der Waals surface area contributed by atoms with Gasteiger partial charge in [-0.25, -0.2) is 13.1 Å². The normalized spacial score (nSPS) is 17.5.